The highest BCUT2D eigenvalue weighted by Crippen LogP contribution is 2.31. The van der Waals surface area contributed by atoms with Gasteiger partial charge in [0.25, 0.3) is 0 Å². The molecule has 0 radical (unpaired) electrons. The van der Waals surface area contributed by atoms with Gasteiger partial charge in [-0.25, -0.2) is 8.78 Å². The number of hydrogen-bond acceptors (Lipinski definition) is 1. The summed E-state index contributed by atoms with van der Waals surface area (Å²) in [7, 11) is 1.55. The highest BCUT2D eigenvalue weighted by atomic mass is 19.2. The summed E-state index contributed by atoms with van der Waals surface area (Å²) in [4.78, 5) is 0. The normalized spacial score (nSPS) is 25.8. The molecule has 1 heterocycles. The lowest BCUT2D eigenvalue weighted by atomic mass is 9.92. The number of quaternary nitrogens is 1. The number of benzene rings is 1. The average Bonchev–Trinajstić information content (AvgIpc) is 2.72. The van der Waals surface area contributed by atoms with E-state index >= 15 is 0 Å². The Morgan fingerprint density at radius 2 is 2.20 bits per heavy atom. The summed E-state index contributed by atoms with van der Waals surface area (Å²) >= 11 is 0. The Labute approximate surface area is 87.2 Å². The quantitative estimate of drug-likeness (QED) is 0.773. The van der Waals surface area contributed by atoms with Crippen molar-refractivity contribution < 1.29 is 18.8 Å². The summed E-state index contributed by atoms with van der Waals surface area (Å²) in [6, 6.07) is 4.24. The third-order valence-electron chi connectivity index (χ3n) is 3.06. The maximum absolute atomic E-state index is 13.6. The maximum atomic E-state index is 13.6. The maximum Gasteiger partial charge on any atom is 0.165 e. The van der Waals surface area contributed by atoms with Crippen molar-refractivity contribution >= 4 is 0 Å². The first-order valence-electron chi connectivity index (χ1n) is 5.01. The molecule has 0 aliphatic carbocycles. The lowest BCUT2D eigenvalue weighted by Crippen LogP contribution is -2.82. The minimum absolute atomic E-state index is 0.332. The molecule has 15 heavy (non-hydrogen) atoms. The molecular formula is C11H14F2NO+. The van der Waals surface area contributed by atoms with E-state index in [4.69, 9.17) is 4.74 Å². The van der Waals surface area contributed by atoms with Crippen LogP contribution in [-0.4, -0.2) is 20.2 Å². The molecule has 0 amide bonds. The fourth-order valence-electron chi connectivity index (χ4n) is 2.17. The zero-order valence-corrected chi connectivity index (χ0v) is 8.59. The molecule has 4 heteroatoms. The third kappa shape index (κ3) is 1.64. The molecule has 2 N–H and O–H groups in total. The minimum Gasteiger partial charge on any atom is -0.367 e. The predicted molar refractivity (Wildman–Crippen MR) is 51.3 cm³/mol. The fourth-order valence-corrected chi connectivity index (χ4v) is 2.17. The van der Waals surface area contributed by atoms with Crippen molar-refractivity contribution in [1.82, 2.24) is 0 Å². The van der Waals surface area contributed by atoms with E-state index in [0.717, 1.165) is 12.6 Å². The second-order valence-electron chi connectivity index (χ2n) is 3.83. The molecule has 1 aromatic carbocycles. The van der Waals surface area contributed by atoms with E-state index < -0.39 is 17.2 Å². The van der Waals surface area contributed by atoms with Crippen LogP contribution in [0.25, 0.3) is 0 Å². The Morgan fingerprint density at radius 1 is 1.40 bits per heavy atom. The van der Waals surface area contributed by atoms with E-state index in [-0.39, 0.29) is 0 Å². The number of hydrogen-bond donors (Lipinski definition) is 1. The van der Waals surface area contributed by atoms with Crippen LogP contribution in [0.4, 0.5) is 8.78 Å². The number of ether oxygens (including phenoxy) is 1. The Hall–Kier alpha value is -1.00. The molecular weight excluding hydrogens is 200 g/mol. The van der Waals surface area contributed by atoms with E-state index in [9.17, 15) is 8.78 Å². The molecule has 1 atom stereocenters. The van der Waals surface area contributed by atoms with Crippen molar-refractivity contribution in [2.24, 2.45) is 0 Å². The molecule has 82 valence electrons. The Bertz CT molecular complexity index is 362. The number of nitrogens with two attached hydrogens (primary N) is 1. The van der Waals surface area contributed by atoms with Gasteiger partial charge in [-0.15, -0.1) is 0 Å². The summed E-state index contributed by atoms with van der Waals surface area (Å²) in [6.07, 6.45) is 0.712. The number of rotatable bonds is 2. The van der Waals surface area contributed by atoms with Gasteiger partial charge >= 0.3 is 0 Å². The second kappa shape index (κ2) is 3.87. The topological polar surface area (TPSA) is 25.8 Å². The highest BCUT2D eigenvalue weighted by molar-refractivity contribution is 5.26. The van der Waals surface area contributed by atoms with Gasteiger partial charge in [-0.1, -0.05) is 12.1 Å². The van der Waals surface area contributed by atoms with Crippen molar-refractivity contribution in [3.63, 3.8) is 0 Å². The van der Waals surface area contributed by atoms with Gasteiger partial charge < -0.3 is 10.1 Å². The van der Waals surface area contributed by atoms with Gasteiger partial charge in [-0.3, -0.25) is 0 Å². The molecule has 0 spiro atoms. The van der Waals surface area contributed by atoms with Crippen molar-refractivity contribution in [2.45, 2.75) is 12.0 Å². The Kier molecular flexibility index (Phi) is 2.71. The lowest BCUT2D eigenvalue weighted by molar-refractivity contribution is -0.642. The predicted octanol–water partition coefficient (Wildman–Crippen LogP) is 0.774. The van der Waals surface area contributed by atoms with Crippen LogP contribution in [0.3, 0.4) is 0 Å². The molecule has 1 saturated heterocycles. The van der Waals surface area contributed by atoms with Gasteiger partial charge in [0.15, 0.2) is 11.6 Å². The van der Waals surface area contributed by atoms with E-state index in [2.05, 4.69) is 0 Å². The van der Waals surface area contributed by atoms with Crippen LogP contribution in [0.1, 0.15) is 12.0 Å². The van der Waals surface area contributed by atoms with E-state index in [1.807, 2.05) is 5.32 Å². The van der Waals surface area contributed by atoms with E-state index in [1.54, 1.807) is 13.2 Å². The van der Waals surface area contributed by atoms with Crippen molar-refractivity contribution in [1.29, 1.82) is 0 Å². The summed E-state index contributed by atoms with van der Waals surface area (Å²) in [5.41, 5.74) is -0.328. The standard InChI is InChI=1S/C11H13F2NO/c1-15-11(5-6-14-7-11)8-3-2-4-9(12)10(8)13/h2-4,14H,5-7H2,1H3/p+1. The van der Waals surface area contributed by atoms with Crippen LogP contribution in [0.15, 0.2) is 18.2 Å². The first-order chi connectivity index (χ1) is 7.19. The molecule has 1 aliphatic rings. The van der Waals surface area contributed by atoms with Gasteiger partial charge in [0.1, 0.15) is 12.1 Å². The van der Waals surface area contributed by atoms with Crippen LogP contribution in [-0.2, 0) is 10.3 Å². The third-order valence-corrected chi connectivity index (χ3v) is 3.06. The SMILES string of the molecule is COC1(c2cccc(F)c2F)CC[NH2+]C1. The van der Waals surface area contributed by atoms with E-state index in [0.29, 0.717) is 18.5 Å². The molecule has 1 fully saturated rings. The van der Waals surface area contributed by atoms with Crippen molar-refractivity contribution in [3.05, 3.63) is 35.4 Å². The summed E-state index contributed by atoms with van der Waals surface area (Å²) < 4.78 is 32.1. The molecule has 1 aliphatic heterocycles. The van der Waals surface area contributed by atoms with Gasteiger partial charge in [0.2, 0.25) is 0 Å². The molecule has 1 aromatic rings. The van der Waals surface area contributed by atoms with Crippen LogP contribution >= 0.6 is 0 Å². The first kappa shape index (κ1) is 10.5. The summed E-state index contributed by atoms with van der Waals surface area (Å²) in [5, 5.41) is 2.05. The van der Waals surface area contributed by atoms with Gasteiger partial charge in [0, 0.05) is 19.1 Å². The van der Waals surface area contributed by atoms with Crippen LogP contribution in [0.5, 0.6) is 0 Å². The van der Waals surface area contributed by atoms with E-state index in [1.165, 1.54) is 6.07 Å². The minimum atomic E-state index is -0.809. The lowest BCUT2D eigenvalue weighted by Gasteiger charge is -2.25. The highest BCUT2D eigenvalue weighted by Gasteiger charge is 2.41. The molecule has 0 bridgehead atoms. The summed E-state index contributed by atoms with van der Waals surface area (Å²) in [6.45, 7) is 1.52. The van der Waals surface area contributed by atoms with Crippen LogP contribution in [0, 0.1) is 11.6 Å². The van der Waals surface area contributed by atoms with Crippen molar-refractivity contribution in [3.8, 4) is 0 Å². The molecule has 0 saturated carbocycles. The largest absolute Gasteiger partial charge is 0.367 e. The average molecular weight is 214 g/mol. The number of methoxy groups -OCH3 is 1. The smallest absolute Gasteiger partial charge is 0.165 e. The zero-order valence-electron chi connectivity index (χ0n) is 8.59. The Morgan fingerprint density at radius 3 is 2.80 bits per heavy atom. The molecule has 2 rings (SSSR count). The monoisotopic (exact) mass is 214 g/mol. The van der Waals surface area contributed by atoms with Gasteiger partial charge in [0.05, 0.1) is 6.54 Å². The van der Waals surface area contributed by atoms with Crippen LogP contribution in [0.2, 0.25) is 0 Å². The fraction of sp³-hybridized carbons (Fsp3) is 0.455. The van der Waals surface area contributed by atoms with Crippen LogP contribution < -0.4 is 5.32 Å². The number of halogens is 2. The van der Waals surface area contributed by atoms with Gasteiger partial charge in [-0.2, -0.15) is 0 Å². The van der Waals surface area contributed by atoms with Crippen molar-refractivity contribution in [2.75, 3.05) is 20.2 Å². The Balaban J connectivity index is 2.47. The van der Waals surface area contributed by atoms with Gasteiger partial charge in [-0.05, 0) is 6.07 Å². The first-order valence-corrected chi connectivity index (χ1v) is 5.01. The second-order valence-corrected chi connectivity index (χ2v) is 3.83. The summed E-state index contributed by atoms with van der Waals surface area (Å²) in [5.74, 6) is -1.59. The zero-order chi connectivity index (χ0) is 10.9. The molecule has 0 aromatic heterocycles. The molecule has 2 nitrogen and oxygen atoms in total. The molecule has 1 unspecified atom stereocenters.